The van der Waals surface area contributed by atoms with Crippen molar-refractivity contribution in [2.24, 2.45) is 5.73 Å². The SMILES string of the molecule is CCN(CC)CCNC(=O)C(=O)N(CCN)C(C)=O. The van der Waals surface area contributed by atoms with E-state index >= 15 is 0 Å². The van der Waals surface area contributed by atoms with Gasteiger partial charge in [0.2, 0.25) is 5.91 Å². The molecule has 0 aromatic heterocycles. The van der Waals surface area contributed by atoms with Crippen LogP contribution in [0, 0.1) is 0 Å². The van der Waals surface area contributed by atoms with Crippen LogP contribution < -0.4 is 11.1 Å². The first-order valence-corrected chi connectivity index (χ1v) is 6.50. The molecule has 3 amide bonds. The van der Waals surface area contributed by atoms with Crippen molar-refractivity contribution in [2.45, 2.75) is 20.8 Å². The van der Waals surface area contributed by atoms with Gasteiger partial charge in [-0.1, -0.05) is 13.8 Å². The number of likely N-dealkylation sites (N-methyl/N-ethyl adjacent to an activating group) is 1. The van der Waals surface area contributed by atoms with Crippen LogP contribution in [0.3, 0.4) is 0 Å². The Balaban J connectivity index is 4.25. The Morgan fingerprint density at radius 3 is 2.11 bits per heavy atom. The van der Waals surface area contributed by atoms with Crippen molar-refractivity contribution < 1.29 is 14.4 Å². The Hall–Kier alpha value is -1.47. The van der Waals surface area contributed by atoms with Crippen LogP contribution >= 0.6 is 0 Å². The molecule has 0 aromatic carbocycles. The van der Waals surface area contributed by atoms with E-state index in [0.29, 0.717) is 13.1 Å². The monoisotopic (exact) mass is 272 g/mol. The maximum atomic E-state index is 11.7. The Labute approximate surface area is 114 Å². The number of nitrogens with one attached hydrogen (secondary N) is 1. The molecule has 0 aromatic rings. The van der Waals surface area contributed by atoms with E-state index in [4.69, 9.17) is 5.73 Å². The minimum atomic E-state index is -0.850. The number of rotatable bonds is 7. The molecule has 0 aliphatic rings. The van der Waals surface area contributed by atoms with Gasteiger partial charge in [-0.25, -0.2) is 0 Å². The van der Waals surface area contributed by atoms with Crippen LogP contribution in [0.15, 0.2) is 0 Å². The van der Waals surface area contributed by atoms with Gasteiger partial charge in [0.1, 0.15) is 0 Å². The van der Waals surface area contributed by atoms with Crippen LogP contribution in [-0.2, 0) is 14.4 Å². The van der Waals surface area contributed by atoms with E-state index in [1.54, 1.807) is 0 Å². The highest BCUT2D eigenvalue weighted by Gasteiger charge is 2.23. The summed E-state index contributed by atoms with van der Waals surface area (Å²) in [7, 11) is 0. The molecule has 0 fully saturated rings. The lowest BCUT2D eigenvalue weighted by Gasteiger charge is -2.20. The van der Waals surface area contributed by atoms with Gasteiger partial charge in [0.15, 0.2) is 0 Å². The quantitative estimate of drug-likeness (QED) is 0.566. The predicted octanol–water partition coefficient (Wildman–Crippen LogP) is -1.22. The Bertz CT molecular complexity index is 316. The zero-order valence-electron chi connectivity index (χ0n) is 11.9. The van der Waals surface area contributed by atoms with Crippen LogP contribution in [-0.4, -0.2) is 66.8 Å². The van der Waals surface area contributed by atoms with Gasteiger partial charge in [0, 0.05) is 33.1 Å². The highest BCUT2D eigenvalue weighted by Crippen LogP contribution is 1.91. The Morgan fingerprint density at radius 2 is 1.68 bits per heavy atom. The number of carbonyl (C=O) groups excluding carboxylic acids is 3. The van der Waals surface area contributed by atoms with Gasteiger partial charge >= 0.3 is 11.8 Å². The van der Waals surface area contributed by atoms with Crippen LogP contribution in [0.25, 0.3) is 0 Å². The molecular formula is C12H24N4O3. The summed E-state index contributed by atoms with van der Waals surface area (Å²) in [5.74, 6) is -2.09. The zero-order valence-corrected chi connectivity index (χ0v) is 11.9. The number of carbonyl (C=O) groups is 3. The van der Waals surface area contributed by atoms with E-state index in [2.05, 4.69) is 10.2 Å². The standard InChI is InChI=1S/C12H24N4O3/c1-4-15(5-2)9-7-14-11(18)12(19)16(8-6-13)10(3)17/h4-9,13H2,1-3H3,(H,14,18). The Morgan fingerprint density at radius 1 is 1.11 bits per heavy atom. The number of imide groups is 1. The molecule has 0 radical (unpaired) electrons. The summed E-state index contributed by atoms with van der Waals surface area (Å²) >= 11 is 0. The minimum absolute atomic E-state index is 0.0532. The summed E-state index contributed by atoms with van der Waals surface area (Å²) in [6.07, 6.45) is 0. The molecular weight excluding hydrogens is 248 g/mol. The van der Waals surface area contributed by atoms with Gasteiger partial charge in [-0.3, -0.25) is 19.3 Å². The molecule has 0 bridgehead atoms. The molecule has 0 atom stereocenters. The van der Waals surface area contributed by atoms with Gasteiger partial charge in [0.05, 0.1) is 0 Å². The highest BCUT2D eigenvalue weighted by atomic mass is 16.2. The lowest BCUT2D eigenvalue weighted by Crippen LogP contribution is -2.48. The summed E-state index contributed by atoms with van der Waals surface area (Å²) in [4.78, 5) is 37.5. The van der Waals surface area contributed by atoms with Crippen molar-refractivity contribution in [1.29, 1.82) is 0 Å². The molecule has 0 heterocycles. The van der Waals surface area contributed by atoms with E-state index in [1.807, 2.05) is 13.8 Å². The van der Waals surface area contributed by atoms with Gasteiger partial charge in [-0.05, 0) is 13.1 Å². The van der Waals surface area contributed by atoms with E-state index in [-0.39, 0.29) is 13.1 Å². The average molecular weight is 272 g/mol. The number of hydrogen-bond acceptors (Lipinski definition) is 5. The largest absolute Gasteiger partial charge is 0.347 e. The first kappa shape index (κ1) is 17.5. The predicted molar refractivity (Wildman–Crippen MR) is 72.2 cm³/mol. The topological polar surface area (TPSA) is 95.7 Å². The Kier molecular flexibility index (Phi) is 8.73. The van der Waals surface area contributed by atoms with Crippen LogP contribution in [0.1, 0.15) is 20.8 Å². The number of amides is 3. The van der Waals surface area contributed by atoms with Crippen molar-refractivity contribution in [3.05, 3.63) is 0 Å². The lowest BCUT2D eigenvalue weighted by molar-refractivity contribution is -0.151. The third-order valence-electron chi connectivity index (χ3n) is 2.78. The molecule has 0 spiro atoms. The maximum Gasteiger partial charge on any atom is 0.318 e. The van der Waals surface area contributed by atoms with Crippen molar-refractivity contribution >= 4 is 17.7 Å². The summed E-state index contributed by atoms with van der Waals surface area (Å²) in [5.41, 5.74) is 5.30. The first-order chi connectivity index (χ1) is 8.97. The second-order valence-electron chi connectivity index (χ2n) is 4.05. The lowest BCUT2D eigenvalue weighted by atomic mass is 10.4. The third kappa shape index (κ3) is 6.30. The maximum absolute atomic E-state index is 11.7. The second-order valence-corrected chi connectivity index (χ2v) is 4.05. The smallest absolute Gasteiger partial charge is 0.318 e. The molecule has 3 N–H and O–H groups in total. The average Bonchev–Trinajstić information content (AvgIpc) is 2.39. The molecule has 0 unspecified atom stereocenters. The minimum Gasteiger partial charge on any atom is -0.347 e. The molecule has 0 rings (SSSR count). The van der Waals surface area contributed by atoms with Crippen molar-refractivity contribution in [3.63, 3.8) is 0 Å². The van der Waals surface area contributed by atoms with E-state index in [9.17, 15) is 14.4 Å². The summed E-state index contributed by atoms with van der Waals surface area (Å²) < 4.78 is 0. The number of nitrogens with two attached hydrogens (primary N) is 1. The molecule has 0 aliphatic heterocycles. The molecule has 7 nitrogen and oxygen atoms in total. The fourth-order valence-electron chi connectivity index (χ4n) is 1.60. The highest BCUT2D eigenvalue weighted by molar-refractivity contribution is 6.37. The summed E-state index contributed by atoms with van der Waals surface area (Å²) in [6.45, 7) is 8.28. The molecule has 110 valence electrons. The molecule has 7 heteroatoms. The van der Waals surface area contributed by atoms with E-state index in [1.165, 1.54) is 6.92 Å². The van der Waals surface area contributed by atoms with Crippen molar-refractivity contribution in [2.75, 3.05) is 39.3 Å². The van der Waals surface area contributed by atoms with E-state index in [0.717, 1.165) is 18.0 Å². The molecule has 0 saturated carbocycles. The van der Waals surface area contributed by atoms with Crippen LogP contribution in [0.5, 0.6) is 0 Å². The second kappa shape index (κ2) is 9.46. The van der Waals surface area contributed by atoms with Gasteiger partial charge in [-0.15, -0.1) is 0 Å². The number of nitrogens with zero attached hydrogens (tertiary/aromatic N) is 2. The van der Waals surface area contributed by atoms with Gasteiger partial charge < -0.3 is 16.0 Å². The fourth-order valence-corrected chi connectivity index (χ4v) is 1.60. The van der Waals surface area contributed by atoms with Gasteiger partial charge in [-0.2, -0.15) is 0 Å². The molecule has 19 heavy (non-hydrogen) atoms. The first-order valence-electron chi connectivity index (χ1n) is 6.50. The zero-order chi connectivity index (χ0) is 14.8. The van der Waals surface area contributed by atoms with Crippen molar-refractivity contribution in [1.82, 2.24) is 15.1 Å². The van der Waals surface area contributed by atoms with Crippen LogP contribution in [0.4, 0.5) is 0 Å². The fraction of sp³-hybridized carbons (Fsp3) is 0.750. The van der Waals surface area contributed by atoms with Gasteiger partial charge in [0.25, 0.3) is 0 Å². The van der Waals surface area contributed by atoms with Crippen LogP contribution in [0.2, 0.25) is 0 Å². The summed E-state index contributed by atoms with van der Waals surface area (Å²) in [6, 6.07) is 0. The molecule has 0 saturated heterocycles. The van der Waals surface area contributed by atoms with E-state index < -0.39 is 17.7 Å². The normalized spacial score (nSPS) is 10.4. The van der Waals surface area contributed by atoms with Crippen molar-refractivity contribution in [3.8, 4) is 0 Å². The summed E-state index contributed by atoms with van der Waals surface area (Å²) in [5, 5.41) is 2.51. The number of hydrogen-bond donors (Lipinski definition) is 2. The third-order valence-corrected chi connectivity index (χ3v) is 2.78. The molecule has 0 aliphatic carbocycles.